The number of rotatable bonds is 8. The number of para-hydroxylation sites is 1. The van der Waals surface area contributed by atoms with Gasteiger partial charge in [-0.05, 0) is 31.0 Å². The van der Waals surface area contributed by atoms with Crippen molar-refractivity contribution in [3.8, 4) is 11.6 Å². The topological polar surface area (TPSA) is 69.7 Å². The highest BCUT2D eigenvalue weighted by molar-refractivity contribution is 5.93. The molecule has 1 amide bonds. The van der Waals surface area contributed by atoms with E-state index >= 15 is 0 Å². The van der Waals surface area contributed by atoms with Crippen LogP contribution < -0.4 is 14.8 Å². The molecule has 0 aliphatic carbocycles. The summed E-state index contributed by atoms with van der Waals surface area (Å²) >= 11 is 0. The molecule has 0 unspecified atom stereocenters. The van der Waals surface area contributed by atoms with Gasteiger partial charge in [-0.1, -0.05) is 18.2 Å². The average molecular weight is 342 g/mol. The van der Waals surface area contributed by atoms with E-state index in [0.29, 0.717) is 31.2 Å². The van der Waals surface area contributed by atoms with Gasteiger partial charge in [0.1, 0.15) is 19.0 Å². The number of hydrogen-bond acceptors (Lipinski definition) is 5. The number of nitrogens with zero attached hydrogens (tertiary/aromatic N) is 1. The highest BCUT2D eigenvalue weighted by atomic mass is 16.5. The summed E-state index contributed by atoms with van der Waals surface area (Å²) in [5.41, 5.74) is 0.490. The molecule has 132 valence electrons. The van der Waals surface area contributed by atoms with Crippen LogP contribution in [0, 0.1) is 0 Å². The van der Waals surface area contributed by atoms with E-state index in [2.05, 4.69) is 10.3 Å². The summed E-state index contributed by atoms with van der Waals surface area (Å²) in [4.78, 5) is 16.2. The van der Waals surface area contributed by atoms with Crippen LogP contribution >= 0.6 is 0 Å². The molecule has 0 spiro atoms. The lowest BCUT2D eigenvalue weighted by Gasteiger charge is -2.11. The second-order valence-electron chi connectivity index (χ2n) is 5.75. The van der Waals surface area contributed by atoms with Crippen molar-refractivity contribution in [3.05, 3.63) is 54.2 Å². The Kier molecular flexibility index (Phi) is 6.23. The van der Waals surface area contributed by atoms with Crippen molar-refractivity contribution < 1.29 is 19.0 Å². The van der Waals surface area contributed by atoms with Crippen molar-refractivity contribution in [3.63, 3.8) is 0 Å². The van der Waals surface area contributed by atoms with Gasteiger partial charge in [-0.3, -0.25) is 4.79 Å². The molecule has 3 rings (SSSR count). The fraction of sp³-hybridized carbons (Fsp3) is 0.368. The molecular formula is C19H22N2O4. The monoisotopic (exact) mass is 342 g/mol. The third kappa shape index (κ3) is 5.46. The molecule has 0 saturated carbocycles. The summed E-state index contributed by atoms with van der Waals surface area (Å²) < 4.78 is 16.6. The van der Waals surface area contributed by atoms with E-state index in [4.69, 9.17) is 14.2 Å². The SMILES string of the molecule is O=C(NCCOc1ccccc1)c1ccc(OC[C@H]2CCCO2)nc1. The van der Waals surface area contributed by atoms with Crippen LogP contribution in [0.25, 0.3) is 0 Å². The number of aromatic nitrogens is 1. The van der Waals surface area contributed by atoms with Gasteiger partial charge in [0.2, 0.25) is 5.88 Å². The molecule has 1 saturated heterocycles. The highest BCUT2D eigenvalue weighted by Crippen LogP contribution is 2.14. The molecule has 1 aliphatic heterocycles. The van der Waals surface area contributed by atoms with Crippen LogP contribution in [0.5, 0.6) is 11.6 Å². The average Bonchev–Trinajstić information content (AvgIpc) is 3.18. The lowest BCUT2D eigenvalue weighted by atomic mass is 10.2. The van der Waals surface area contributed by atoms with E-state index in [1.165, 1.54) is 6.20 Å². The molecule has 1 atom stereocenters. The minimum Gasteiger partial charge on any atom is -0.492 e. The van der Waals surface area contributed by atoms with Crippen LogP contribution in [-0.2, 0) is 4.74 Å². The van der Waals surface area contributed by atoms with E-state index in [1.54, 1.807) is 12.1 Å². The molecule has 2 heterocycles. The Morgan fingerprint density at radius 3 is 2.80 bits per heavy atom. The Morgan fingerprint density at radius 2 is 2.08 bits per heavy atom. The van der Waals surface area contributed by atoms with Gasteiger partial charge in [0.15, 0.2) is 0 Å². The Balaban J connectivity index is 1.38. The largest absolute Gasteiger partial charge is 0.492 e. The summed E-state index contributed by atoms with van der Waals surface area (Å²) in [6.45, 7) is 2.13. The van der Waals surface area contributed by atoms with Gasteiger partial charge >= 0.3 is 0 Å². The molecule has 2 aromatic rings. The normalized spacial score (nSPS) is 16.4. The lowest BCUT2D eigenvalue weighted by molar-refractivity contribution is 0.0663. The van der Waals surface area contributed by atoms with Crippen LogP contribution in [0.2, 0.25) is 0 Å². The van der Waals surface area contributed by atoms with Crippen LogP contribution in [0.4, 0.5) is 0 Å². The molecule has 1 N–H and O–H groups in total. The van der Waals surface area contributed by atoms with Crippen molar-refractivity contribution in [1.82, 2.24) is 10.3 Å². The number of benzene rings is 1. The smallest absolute Gasteiger partial charge is 0.252 e. The Labute approximate surface area is 147 Å². The Hall–Kier alpha value is -2.60. The number of amides is 1. The number of ether oxygens (including phenoxy) is 3. The van der Waals surface area contributed by atoms with E-state index in [-0.39, 0.29) is 12.0 Å². The predicted octanol–water partition coefficient (Wildman–Crippen LogP) is 2.45. The second kappa shape index (κ2) is 9.03. The first kappa shape index (κ1) is 17.2. The molecule has 0 bridgehead atoms. The Morgan fingerprint density at radius 1 is 1.20 bits per heavy atom. The third-order valence-corrected chi connectivity index (χ3v) is 3.84. The summed E-state index contributed by atoms with van der Waals surface area (Å²) in [7, 11) is 0. The summed E-state index contributed by atoms with van der Waals surface area (Å²) in [6, 6.07) is 12.9. The minimum absolute atomic E-state index is 0.148. The maximum atomic E-state index is 12.1. The quantitative estimate of drug-likeness (QED) is 0.746. The zero-order chi connectivity index (χ0) is 17.3. The maximum Gasteiger partial charge on any atom is 0.252 e. The van der Waals surface area contributed by atoms with Crippen molar-refractivity contribution >= 4 is 5.91 Å². The van der Waals surface area contributed by atoms with Gasteiger partial charge < -0.3 is 19.5 Å². The lowest BCUT2D eigenvalue weighted by Crippen LogP contribution is -2.28. The van der Waals surface area contributed by atoms with Gasteiger partial charge in [0.25, 0.3) is 5.91 Å². The van der Waals surface area contributed by atoms with Crippen molar-refractivity contribution in [2.24, 2.45) is 0 Å². The number of carbonyl (C=O) groups excluding carboxylic acids is 1. The molecule has 1 aromatic heterocycles. The standard InChI is InChI=1S/C19H22N2O4/c22-19(20-10-12-24-16-5-2-1-3-6-16)15-8-9-18(21-13-15)25-14-17-7-4-11-23-17/h1-3,5-6,8-9,13,17H,4,7,10-12,14H2,(H,20,22)/t17-/m1/s1. The molecular weight excluding hydrogens is 320 g/mol. The van der Waals surface area contributed by atoms with Crippen LogP contribution in [0.1, 0.15) is 23.2 Å². The first-order valence-electron chi connectivity index (χ1n) is 8.48. The van der Waals surface area contributed by atoms with Gasteiger partial charge in [-0.25, -0.2) is 4.98 Å². The van der Waals surface area contributed by atoms with Crippen molar-refractivity contribution in [1.29, 1.82) is 0 Å². The van der Waals surface area contributed by atoms with E-state index in [1.807, 2.05) is 30.3 Å². The fourth-order valence-corrected chi connectivity index (χ4v) is 2.51. The number of pyridine rings is 1. The van der Waals surface area contributed by atoms with E-state index in [0.717, 1.165) is 25.2 Å². The zero-order valence-electron chi connectivity index (χ0n) is 14.0. The molecule has 1 fully saturated rings. The highest BCUT2D eigenvalue weighted by Gasteiger charge is 2.16. The Bertz CT molecular complexity index is 655. The molecule has 1 aliphatic rings. The zero-order valence-corrected chi connectivity index (χ0v) is 14.0. The van der Waals surface area contributed by atoms with Gasteiger partial charge in [-0.15, -0.1) is 0 Å². The number of hydrogen-bond donors (Lipinski definition) is 1. The van der Waals surface area contributed by atoms with Crippen LogP contribution in [-0.4, -0.2) is 43.4 Å². The summed E-state index contributed by atoms with van der Waals surface area (Å²) in [6.07, 6.45) is 3.76. The fourth-order valence-electron chi connectivity index (χ4n) is 2.51. The molecule has 1 aromatic carbocycles. The van der Waals surface area contributed by atoms with Crippen molar-refractivity contribution in [2.75, 3.05) is 26.4 Å². The summed E-state index contributed by atoms with van der Waals surface area (Å²) in [5, 5.41) is 2.80. The summed E-state index contributed by atoms with van der Waals surface area (Å²) in [5.74, 6) is 1.10. The number of carbonyl (C=O) groups is 1. The van der Waals surface area contributed by atoms with Crippen LogP contribution in [0.3, 0.4) is 0 Å². The molecule has 6 heteroatoms. The van der Waals surface area contributed by atoms with Gasteiger partial charge in [0, 0.05) is 18.9 Å². The predicted molar refractivity (Wildman–Crippen MR) is 93.0 cm³/mol. The van der Waals surface area contributed by atoms with Gasteiger partial charge in [-0.2, -0.15) is 0 Å². The second-order valence-corrected chi connectivity index (χ2v) is 5.75. The van der Waals surface area contributed by atoms with E-state index < -0.39 is 0 Å². The minimum atomic E-state index is -0.185. The third-order valence-electron chi connectivity index (χ3n) is 3.84. The van der Waals surface area contributed by atoms with Crippen molar-refractivity contribution in [2.45, 2.75) is 18.9 Å². The first-order chi connectivity index (χ1) is 12.3. The maximum absolute atomic E-state index is 12.1. The molecule has 0 radical (unpaired) electrons. The van der Waals surface area contributed by atoms with Gasteiger partial charge in [0.05, 0.1) is 18.2 Å². The van der Waals surface area contributed by atoms with Crippen LogP contribution in [0.15, 0.2) is 48.7 Å². The molecule has 25 heavy (non-hydrogen) atoms. The first-order valence-corrected chi connectivity index (χ1v) is 8.48. The number of nitrogens with one attached hydrogen (secondary N) is 1. The van der Waals surface area contributed by atoms with E-state index in [9.17, 15) is 4.79 Å². The molecule has 6 nitrogen and oxygen atoms in total.